The number of hydrogen-bond donors (Lipinski definition) is 2. The van der Waals surface area contributed by atoms with E-state index >= 15 is 0 Å². The summed E-state index contributed by atoms with van der Waals surface area (Å²) in [6, 6.07) is 6.80. The highest BCUT2D eigenvalue weighted by Crippen LogP contribution is 2.37. The number of aromatic nitrogens is 2. The Kier molecular flexibility index (Phi) is 5.86. The Morgan fingerprint density at radius 2 is 2.00 bits per heavy atom. The average Bonchev–Trinajstić information content (AvgIpc) is 3.11. The van der Waals surface area contributed by atoms with Crippen LogP contribution >= 0.6 is 0 Å². The predicted molar refractivity (Wildman–Crippen MR) is 107 cm³/mol. The van der Waals surface area contributed by atoms with Gasteiger partial charge < -0.3 is 10.3 Å². The van der Waals surface area contributed by atoms with Crippen molar-refractivity contribution >= 4 is 16.9 Å². The van der Waals surface area contributed by atoms with Crippen LogP contribution in [-0.4, -0.2) is 15.9 Å². The number of para-hydroxylation sites is 1. The Morgan fingerprint density at radius 3 is 2.67 bits per heavy atom. The van der Waals surface area contributed by atoms with Crippen molar-refractivity contribution in [1.82, 2.24) is 15.3 Å². The zero-order valence-corrected chi connectivity index (χ0v) is 15.8. The van der Waals surface area contributed by atoms with Gasteiger partial charge in [-0.2, -0.15) is 13.2 Å². The van der Waals surface area contributed by atoms with Crippen LogP contribution in [0, 0.1) is 5.82 Å². The molecule has 30 heavy (non-hydrogen) atoms. The molecule has 0 saturated heterocycles. The lowest BCUT2D eigenvalue weighted by molar-refractivity contribution is -0.137. The molecule has 1 aromatic heterocycles. The highest BCUT2D eigenvalue weighted by Gasteiger charge is 2.34. The molecule has 0 aliphatic carbocycles. The maximum Gasteiger partial charge on any atom is 0.417 e. The number of hydrogen-bond acceptors (Lipinski definition) is 2. The van der Waals surface area contributed by atoms with Crippen molar-refractivity contribution in [3.05, 3.63) is 89.9 Å². The third-order valence-corrected chi connectivity index (χ3v) is 4.20. The van der Waals surface area contributed by atoms with E-state index in [2.05, 4.69) is 21.9 Å². The van der Waals surface area contributed by atoms with Crippen LogP contribution in [0.3, 0.4) is 0 Å². The molecule has 0 unspecified atom stereocenters. The van der Waals surface area contributed by atoms with Crippen molar-refractivity contribution < 1.29 is 22.4 Å². The third kappa shape index (κ3) is 4.32. The average molecular weight is 415 g/mol. The fourth-order valence-electron chi connectivity index (χ4n) is 2.95. The summed E-state index contributed by atoms with van der Waals surface area (Å²) < 4.78 is 53.8. The number of benzene rings is 2. The number of rotatable bonds is 5. The molecule has 4 nitrogen and oxygen atoms in total. The van der Waals surface area contributed by atoms with E-state index in [9.17, 15) is 22.4 Å². The number of aromatic amines is 1. The van der Waals surface area contributed by atoms with Gasteiger partial charge >= 0.3 is 6.18 Å². The summed E-state index contributed by atoms with van der Waals surface area (Å²) in [5.41, 5.74) is -0.324. The molecule has 0 fully saturated rings. The molecule has 3 rings (SSSR count). The molecule has 0 aliphatic rings. The molecule has 0 radical (unpaired) electrons. The smallest absolute Gasteiger partial charge is 0.338 e. The predicted octanol–water partition coefficient (Wildman–Crippen LogP) is 5.76. The molecule has 154 valence electrons. The van der Waals surface area contributed by atoms with E-state index in [-0.39, 0.29) is 16.9 Å². The van der Waals surface area contributed by atoms with Gasteiger partial charge in [-0.1, -0.05) is 24.8 Å². The third-order valence-electron chi connectivity index (χ3n) is 4.20. The van der Waals surface area contributed by atoms with E-state index in [1.54, 1.807) is 37.3 Å². The molecule has 1 heterocycles. The van der Waals surface area contributed by atoms with Crippen LogP contribution < -0.4 is 5.32 Å². The van der Waals surface area contributed by atoms with Gasteiger partial charge in [-0.15, -0.1) is 0 Å². The van der Waals surface area contributed by atoms with Gasteiger partial charge in [0, 0.05) is 11.3 Å². The normalized spacial score (nSPS) is 12.5. The molecule has 0 saturated carbocycles. The van der Waals surface area contributed by atoms with E-state index in [0.29, 0.717) is 17.3 Å². The van der Waals surface area contributed by atoms with Gasteiger partial charge in [-0.25, -0.2) is 9.37 Å². The number of H-pyrrole nitrogens is 1. The number of carbonyl (C=O) groups is 1. The Balaban J connectivity index is 2.10. The quantitative estimate of drug-likeness (QED) is 0.411. The van der Waals surface area contributed by atoms with E-state index in [1.807, 2.05) is 0 Å². The molecule has 0 atom stereocenters. The van der Waals surface area contributed by atoms with Gasteiger partial charge in [0.25, 0.3) is 5.91 Å². The number of carbonyl (C=O) groups excluding carboxylic acids is 1. The summed E-state index contributed by atoms with van der Waals surface area (Å²) in [6.07, 6.45) is 1.80. The van der Waals surface area contributed by atoms with Crippen LogP contribution in [0.4, 0.5) is 17.6 Å². The summed E-state index contributed by atoms with van der Waals surface area (Å²) in [4.78, 5) is 19.7. The zero-order chi connectivity index (χ0) is 21.9. The monoisotopic (exact) mass is 415 g/mol. The van der Waals surface area contributed by atoms with Crippen molar-refractivity contribution in [2.45, 2.75) is 13.1 Å². The van der Waals surface area contributed by atoms with E-state index < -0.39 is 29.0 Å². The summed E-state index contributed by atoms with van der Waals surface area (Å²) in [7, 11) is 0. The Bertz CT molecular complexity index is 1170. The van der Waals surface area contributed by atoms with Crippen molar-refractivity contribution in [1.29, 1.82) is 0 Å². The molecular weight excluding hydrogens is 398 g/mol. The first-order valence-electron chi connectivity index (χ1n) is 8.87. The zero-order valence-electron chi connectivity index (χ0n) is 15.8. The standard InChI is InChI=1S/C22H17F4N3O/c1-3-6-14(7-4-2)27-21(30)15-8-5-9-18-19(15)29-20(28-18)16-12-13(23)10-11-17(16)22(24,25)26/h3-12H,1H2,2H3,(H,27,30)(H,28,29)/b7-4-,14-6+. The van der Waals surface area contributed by atoms with Crippen molar-refractivity contribution in [3.63, 3.8) is 0 Å². The lowest BCUT2D eigenvalue weighted by Gasteiger charge is -2.11. The fraction of sp³-hybridized carbons (Fsp3) is 0.0909. The first-order valence-corrected chi connectivity index (χ1v) is 8.87. The number of nitrogens with one attached hydrogen (secondary N) is 2. The highest BCUT2D eigenvalue weighted by molar-refractivity contribution is 6.06. The minimum atomic E-state index is -4.70. The number of allylic oxidation sites excluding steroid dienone is 4. The van der Waals surface area contributed by atoms with E-state index in [4.69, 9.17) is 0 Å². The van der Waals surface area contributed by atoms with Gasteiger partial charge in [-0.3, -0.25) is 4.79 Å². The van der Waals surface area contributed by atoms with Gasteiger partial charge in [0.2, 0.25) is 0 Å². The molecule has 2 N–H and O–H groups in total. The lowest BCUT2D eigenvalue weighted by Crippen LogP contribution is -2.22. The Labute approximate surface area is 169 Å². The number of amides is 1. The van der Waals surface area contributed by atoms with Crippen molar-refractivity contribution in [2.24, 2.45) is 0 Å². The number of fused-ring (bicyclic) bond motifs is 1. The lowest BCUT2D eigenvalue weighted by atomic mass is 10.1. The molecule has 0 bridgehead atoms. The first-order chi connectivity index (χ1) is 14.2. The van der Waals surface area contributed by atoms with Crippen molar-refractivity contribution in [2.75, 3.05) is 0 Å². The van der Waals surface area contributed by atoms with Crippen LogP contribution in [0.1, 0.15) is 22.8 Å². The van der Waals surface area contributed by atoms with Gasteiger partial charge in [0.1, 0.15) is 17.2 Å². The van der Waals surface area contributed by atoms with Gasteiger partial charge in [0.15, 0.2) is 0 Å². The van der Waals surface area contributed by atoms with Crippen LogP contribution in [0.15, 0.2) is 73.0 Å². The second-order valence-electron chi connectivity index (χ2n) is 6.29. The number of halogens is 4. The van der Waals surface area contributed by atoms with Crippen LogP contribution in [-0.2, 0) is 6.18 Å². The fourth-order valence-corrected chi connectivity index (χ4v) is 2.95. The van der Waals surface area contributed by atoms with E-state index in [1.165, 1.54) is 12.1 Å². The number of alkyl halides is 3. The summed E-state index contributed by atoms with van der Waals surface area (Å²) >= 11 is 0. The molecule has 3 aromatic rings. The van der Waals surface area contributed by atoms with Crippen molar-refractivity contribution in [3.8, 4) is 11.4 Å². The SMILES string of the molecule is C=C/C=C(\C=C/C)NC(=O)c1cccc2[nH]c(-c3cc(F)ccc3C(F)(F)F)nc12. The Morgan fingerprint density at radius 1 is 1.23 bits per heavy atom. The molecule has 2 aromatic carbocycles. The van der Waals surface area contributed by atoms with Crippen LogP contribution in [0.25, 0.3) is 22.4 Å². The Hall–Kier alpha value is -3.68. The molecule has 8 heteroatoms. The summed E-state index contributed by atoms with van der Waals surface area (Å²) in [5, 5.41) is 2.69. The molecular formula is C22H17F4N3O. The highest BCUT2D eigenvalue weighted by atomic mass is 19.4. The maximum absolute atomic E-state index is 13.7. The number of imidazole rings is 1. The molecule has 1 amide bonds. The number of nitrogens with zero attached hydrogens (tertiary/aromatic N) is 1. The van der Waals surface area contributed by atoms with Gasteiger partial charge in [0.05, 0.1) is 16.6 Å². The minimum absolute atomic E-state index is 0.152. The topological polar surface area (TPSA) is 57.8 Å². The summed E-state index contributed by atoms with van der Waals surface area (Å²) in [6.45, 7) is 5.36. The maximum atomic E-state index is 13.7. The van der Waals surface area contributed by atoms with Crippen LogP contribution in [0.2, 0.25) is 0 Å². The first kappa shape index (κ1) is 21.0. The second-order valence-corrected chi connectivity index (χ2v) is 6.29. The van der Waals surface area contributed by atoms with Gasteiger partial charge in [-0.05, 0) is 49.4 Å². The second kappa shape index (κ2) is 8.36. The van der Waals surface area contributed by atoms with Crippen LogP contribution in [0.5, 0.6) is 0 Å². The van der Waals surface area contributed by atoms with E-state index in [0.717, 1.165) is 12.1 Å². The molecule has 0 aliphatic heterocycles. The molecule has 0 spiro atoms. The minimum Gasteiger partial charge on any atom is -0.338 e. The summed E-state index contributed by atoms with van der Waals surface area (Å²) in [5.74, 6) is -1.52. The largest absolute Gasteiger partial charge is 0.417 e.